The number of methoxy groups -OCH3 is 1. The van der Waals surface area contributed by atoms with E-state index in [1.807, 2.05) is 32.0 Å². The lowest BCUT2D eigenvalue weighted by Crippen LogP contribution is -2.32. The first-order chi connectivity index (χ1) is 17.7. The number of rotatable bonds is 8. The molecule has 9 nitrogen and oxygen atoms in total. The molecule has 3 N–H and O–H groups in total. The predicted molar refractivity (Wildman–Crippen MR) is 144 cm³/mol. The minimum atomic E-state index is -0.982. The highest BCUT2D eigenvalue weighted by Gasteiger charge is 2.15. The molecule has 37 heavy (non-hydrogen) atoms. The summed E-state index contributed by atoms with van der Waals surface area (Å²) in [4.78, 5) is 36.4. The Morgan fingerprint density at radius 1 is 0.973 bits per heavy atom. The summed E-state index contributed by atoms with van der Waals surface area (Å²) in [5.74, 6) is -1.85. The minimum absolute atomic E-state index is 0.158. The lowest BCUT2D eigenvalue weighted by Gasteiger charge is -2.14. The van der Waals surface area contributed by atoms with E-state index in [2.05, 4.69) is 21.2 Å². The molecule has 3 rings (SSSR count). The number of hydrogen-bond donors (Lipinski definition) is 3. The average molecular weight is 543 g/mol. The van der Waals surface area contributed by atoms with Gasteiger partial charge in [0.05, 0.1) is 18.3 Å². The van der Waals surface area contributed by atoms with E-state index in [1.165, 1.54) is 25.5 Å². The van der Waals surface area contributed by atoms with Crippen LogP contribution in [0.5, 0.6) is 11.5 Å². The molecule has 0 radical (unpaired) electrons. The zero-order valence-corrected chi connectivity index (χ0v) is 21.7. The Morgan fingerprint density at radius 2 is 1.76 bits per heavy atom. The first-order valence-corrected chi connectivity index (χ1v) is 11.7. The number of amides is 3. The fourth-order valence-corrected chi connectivity index (χ4v) is 3.67. The van der Waals surface area contributed by atoms with Crippen molar-refractivity contribution in [2.24, 2.45) is 5.10 Å². The maximum Gasteiger partial charge on any atom is 0.329 e. The maximum atomic E-state index is 12.4. The first kappa shape index (κ1) is 27.5. The van der Waals surface area contributed by atoms with Crippen molar-refractivity contribution in [3.8, 4) is 11.5 Å². The average Bonchev–Trinajstić information content (AvgIpc) is 2.84. The Bertz CT molecular complexity index is 1360. The third-order valence-electron chi connectivity index (χ3n) is 4.92. The summed E-state index contributed by atoms with van der Waals surface area (Å²) in [6.07, 6.45) is 1.27. The number of carbonyl (C=O) groups excluding carboxylic acids is 3. The number of carbonyl (C=O) groups is 3. The summed E-state index contributed by atoms with van der Waals surface area (Å²) in [6.45, 7) is 3.57. The number of hydrazone groups is 1. The van der Waals surface area contributed by atoms with E-state index >= 15 is 0 Å². The number of anilines is 2. The summed E-state index contributed by atoms with van der Waals surface area (Å²) in [6, 6.07) is 15.1. The molecule has 0 aliphatic heterocycles. The molecule has 0 unspecified atom stereocenters. The third-order valence-corrected chi connectivity index (χ3v) is 5.44. The largest absolute Gasteiger partial charge is 0.493 e. The van der Waals surface area contributed by atoms with Gasteiger partial charge in [0.2, 0.25) is 0 Å². The van der Waals surface area contributed by atoms with Gasteiger partial charge in [0.15, 0.2) is 18.1 Å². The van der Waals surface area contributed by atoms with Crippen LogP contribution in [0.1, 0.15) is 16.7 Å². The molecule has 0 heterocycles. The lowest BCUT2D eigenvalue weighted by molar-refractivity contribution is -0.136. The highest BCUT2D eigenvalue weighted by molar-refractivity contribution is 6.39. The molecule has 0 aliphatic carbocycles. The number of ether oxygens (including phenoxy) is 2. The van der Waals surface area contributed by atoms with E-state index in [9.17, 15) is 14.4 Å². The second-order valence-corrected chi connectivity index (χ2v) is 8.70. The highest BCUT2D eigenvalue weighted by atomic mass is 35.5. The molecule has 0 bridgehead atoms. The zero-order chi connectivity index (χ0) is 26.9. The van der Waals surface area contributed by atoms with Crippen LogP contribution >= 0.6 is 23.2 Å². The summed E-state index contributed by atoms with van der Waals surface area (Å²) in [5, 5.41) is 9.55. The number of nitrogens with one attached hydrogen (secondary N) is 3. The zero-order valence-electron chi connectivity index (χ0n) is 20.2. The molecule has 0 saturated carbocycles. The van der Waals surface area contributed by atoms with Crippen LogP contribution in [0.3, 0.4) is 0 Å². The van der Waals surface area contributed by atoms with Crippen LogP contribution in [-0.2, 0) is 14.4 Å². The van der Waals surface area contributed by atoms with Crippen molar-refractivity contribution in [2.75, 3.05) is 24.4 Å². The fourth-order valence-electron chi connectivity index (χ4n) is 3.20. The summed E-state index contributed by atoms with van der Waals surface area (Å²) in [7, 11) is 1.41. The SMILES string of the molecule is COc1cc(/C=N\NC(=O)C(=O)Nc2cccc(Cl)c2)cc(Cl)c1OCC(=O)Nc1ccc(C)cc1C. The van der Waals surface area contributed by atoms with Crippen molar-refractivity contribution in [1.29, 1.82) is 0 Å². The summed E-state index contributed by atoms with van der Waals surface area (Å²) < 4.78 is 10.9. The molecular weight excluding hydrogens is 519 g/mol. The van der Waals surface area contributed by atoms with Gasteiger partial charge in [-0.2, -0.15) is 5.10 Å². The minimum Gasteiger partial charge on any atom is -0.493 e. The smallest absolute Gasteiger partial charge is 0.329 e. The maximum absolute atomic E-state index is 12.4. The number of aryl methyl sites for hydroxylation is 2. The van der Waals surface area contributed by atoms with E-state index in [4.69, 9.17) is 32.7 Å². The Morgan fingerprint density at radius 3 is 2.46 bits per heavy atom. The Hall–Kier alpha value is -4.08. The van der Waals surface area contributed by atoms with Crippen molar-refractivity contribution < 1.29 is 23.9 Å². The van der Waals surface area contributed by atoms with Gasteiger partial charge in [-0.15, -0.1) is 0 Å². The molecule has 11 heteroatoms. The van der Waals surface area contributed by atoms with Crippen LogP contribution in [0.2, 0.25) is 10.0 Å². The van der Waals surface area contributed by atoms with Crippen molar-refractivity contribution in [2.45, 2.75) is 13.8 Å². The van der Waals surface area contributed by atoms with Crippen LogP contribution in [-0.4, -0.2) is 37.7 Å². The Balaban J connectivity index is 1.59. The molecule has 3 amide bonds. The molecular formula is C26H24Cl2N4O5. The predicted octanol–water partition coefficient (Wildman–Crippen LogP) is 4.73. The van der Waals surface area contributed by atoms with E-state index < -0.39 is 11.8 Å². The molecule has 0 saturated heterocycles. The molecule has 192 valence electrons. The van der Waals surface area contributed by atoms with Crippen molar-refractivity contribution >= 4 is 58.5 Å². The number of benzene rings is 3. The fraction of sp³-hybridized carbons (Fsp3) is 0.154. The molecule has 0 fully saturated rings. The Kier molecular flexibility index (Phi) is 9.48. The molecule has 0 spiro atoms. The van der Waals surface area contributed by atoms with Gasteiger partial charge in [-0.05, 0) is 61.4 Å². The van der Waals surface area contributed by atoms with Gasteiger partial charge in [-0.25, -0.2) is 5.43 Å². The Labute approximate surface area is 223 Å². The van der Waals surface area contributed by atoms with Crippen LogP contribution in [0, 0.1) is 13.8 Å². The van der Waals surface area contributed by atoms with Crippen molar-refractivity contribution in [1.82, 2.24) is 5.43 Å². The molecule has 0 atom stereocenters. The van der Waals surface area contributed by atoms with Gasteiger partial charge in [-0.3, -0.25) is 14.4 Å². The molecule has 0 aromatic heterocycles. The topological polar surface area (TPSA) is 118 Å². The lowest BCUT2D eigenvalue weighted by atomic mass is 10.1. The monoisotopic (exact) mass is 542 g/mol. The van der Waals surface area contributed by atoms with Gasteiger partial charge >= 0.3 is 11.8 Å². The second-order valence-electron chi connectivity index (χ2n) is 7.85. The van der Waals surface area contributed by atoms with Gasteiger partial charge in [0.1, 0.15) is 0 Å². The van der Waals surface area contributed by atoms with Crippen molar-refractivity contribution in [3.63, 3.8) is 0 Å². The normalized spacial score (nSPS) is 10.6. The van der Waals surface area contributed by atoms with Gasteiger partial charge in [-0.1, -0.05) is 47.0 Å². The molecule has 0 aliphatic rings. The number of nitrogens with zero attached hydrogens (tertiary/aromatic N) is 1. The standard InChI is InChI=1S/C26H24Cl2N4O5/c1-15-7-8-21(16(2)9-15)31-23(33)14-37-24-20(28)10-17(11-22(24)36-3)13-29-32-26(35)25(34)30-19-6-4-5-18(27)12-19/h4-13H,14H2,1-3H3,(H,30,34)(H,31,33)(H,32,35)/b29-13-. The van der Waals surface area contributed by atoms with E-state index in [0.29, 0.717) is 22.0 Å². The van der Waals surface area contributed by atoms with Crippen LogP contribution < -0.4 is 25.5 Å². The second kappa shape index (κ2) is 12.8. The number of halogens is 2. The quantitative estimate of drug-likeness (QED) is 0.216. The van der Waals surface area contributed by atoms with Gasteiger partial charge in [0.25, 0.3) is 5.91 Å². The molecule has 3 aromatic rings. The van der Waals surface area contributed by atoms with E-state index in [0.717, 1.165) is 11.1 Å². The van der Waals surface area contributed by atoms with E-state index in [1.54, 1.807) is 24.3 Å². The van der Waals surface area contributed by atoms with Crippen LogP contribution in [0.25, 0.3) is 0 Å². The van der Waals surface area contributed by atoms with Crippen molar-refractivity contribution in [3.05, 3.63) is 81.3 Å². The number of hydrogen-bond acceptors (Lipinski definition) is 6. The van der Waals surface area contributed by atoms with E-state index in [-0.39, 0.29) is 29.0 Å². The first-order valence-electron chi connectivity index (χ1n) is 10.9. The summed E-state index contributed by atoms with van der Waals surface area (Å²) in [5.41, 5.74) is 5.65. The van der Waals surface area contributed by atoms with Crippen LogP contribution in [0.4, 0.5) is 11.4 Å². The molecule has 3 aromatic carbocycles. The third kappa shape index (κ3) is 7.96. The summed E-state index contributed by atoms with van der Waals surface area (Å²) >= 11 is 12.2. The van der Waals surface area contributed by atoms with Crippen LogP contribution in [0.15, 0.2) is 59.7 Å². The van der Waals surface area contributed by atoms with Gasteiger partial charge in [0, 0.05) is 16.4 Å². The van der Waals surface area contributed by atoms with Gasteiger partial charge < -0.3 is 20.1 Å². The highest BCUT2D eigenvalue weighted by Crippen LogP contribution is 2.36.